The molecule has 0 aliphatic carbocycles. The van der Waals surface area contributed by atoms with Crippen LogP contribution in [-0.2, 0) is 24.6 Å². The average molecular weight is 358 g/mol. The van der Waals surface area contributed by atoms with Crippen LogP contribution >= 0.6 is 7.60 Å². The first-order valence-electron chi connectivity index (χ1n) is 6.57. The summed E-state index contributed by atoms with van der Waals surface area (Å²) in [4.78, 5) is 11.7. The smallest absolute Gasteiger partial charge is 0.419 e. The lowest BCUT2D eigenvalue weighted by molar-refractivity contribution is -0.140. The molecule has 0 N–H and O–H groups in total. The molecule has 0 heterocycles. The fourth-order valence-electron chi connectivity index (χ4n) is 1.63. The zero-order valence-electron chi connectivity index (χ0n) is 12.4. The number of alkyl halides is 3. The van der Waals surface area contributed by atoms with Gasteiger partial charge in [0.2, 0.25) is 0 Å². The Kier molecular flexibility index (Phi) is 6.73. The van der Waals surface area contributed by atoms with Gasteiger partial charge in [-0.3, -0.25) is 9.36 Å². The Bertz CT molecular complexity index is 593. The summed E-state index contributed by atoms with van der Waals surface area (Å²) in [6, 6.07) is 1.66. The molecule has 0 atom stereocenters. The molecular weight excluding hydrogens is 343 g/mol. The molecule has 0 bridgehead atoms. The SMILES string of the molecule is CCOP(=O)(CC(=O)Oc1ccc(C(F)(F)F)c(F)c1)OCC. The summed E-state index contributed by atoms with van der Waals surface area (Å²) in [7, 11) is -3.71. The van der Waals surface area contributed by atoms with Crippen molar-refractivity contribution in [1.82, 2.24) is 0 Å². The van der Waals surface area contributed by atoms with Crippen LogP contribution in [0.25, 0.3) is 0 Å². The highest BCUT2D eigenvalue weighted by Gasteiger charge is 2.34. The maximum absolute atomic E-state index is 13.4. The predicted octanol–water partition coefficient (Wildman–Crippen LogP) is 4.02. The van der Waals surface area contributed by atoms with Gasteiger partial charge in [0.1, 0.15) is 17.7 Å². The third-order valence-corrected chi connectivity index (χ3v) is 4.40. The second kappa shape index (κ2) is 7.90. The molecule has 10 heteroatoms. The summed E-state index contributed by atoms with van der Waals surface area (Å²) in [6.07, 6.45) is -5.59. The summed E-state index contributed by atoms with van der Waals surface area (Å²) < 4.78 is 77.1. The van der Waals surface area contributed by atoms with Gasteiger partial charge in [-0.2, -0.15) is 13.2 Å². The highest BCUT2D eigenvalue weighted by atomic mass is 31.2. The first-order valence-corrected chi connectivity index (χ1v) is 8.29. The highest BCUT2D eigenvalue weighted by molar-refractivity contribution is 7.54. The minimum atomic E-state index is -4.85. The van der Waals surface area contributed by atoms with Crippen LogP contribution in [0.2, 0.25) is 0 Å². The van der Waals surface area contributed by atoms with Crippen LogP contribution in [0.3, 0.4) is 0 Å². The van der Waals surface area contributed by atoms with Crippen LogP contribution in [0.15, 0.2) is 18.2 Å². The minimum absolute atomic E-state index is 0.0272. The molecule has 130 valence electrons. The monoisotopic (exact) mass is 358 g/mol. The van der Waals surface area contributed by atoms with Crippen molar-refractivity contribution in [2.45, 2.75) is 20.0 Å². The largest absolute Gasteiger partial charge is 0.426 e. The molecule has 5 nitrogen and oxygen atoms in total. The number of carbonyl (C=O) groups excluding carboxylic acids is 1. The van der Waals surface area contributed by atoms with Crippen LogP contribution in [0, 0.1) is 5.82 Å². The number of esters is 1. The standard InChI is InChI=1S/C13H15F4O5P/c1-3-20-23(19,21-4-2)8-12(18)22-9-5-6-10(11(14)7-9)13(15,16)17/h5-7H,3-4,8H2,1-2H3. The molecule has 0 amide bonds. The molecule has 1 rings (SSSR count). The van der Waals surface area contributed by atoms with E-state index in [4.69, 9.17) is 9.05 Å². The van der Waals surface area contributed by atoms with Gasteiger partial charge in [0.25, 0.3) is 0 Å². The van der Waals surface area contributed by atoms with Crippen LogP contribution in [0.1, 0.15) is 19.4 Å². The van der Waals surface area contributed by atoms with Gasteiger partial charge in [-0.05, 0) is 26.0 Å². The molecule has 0 radical (unpaired) electrons. The number of halogens is 4. The number of hydrogen-bond acceptors (Lipinski definition) is 5. The molecule has 1 aromatic rings. The van der Waals surface area contributed by atoms with E-state index < -0.39 is 43.0 Å². The van der Waals surface area contributed by atoms with Gasteiger partial charge in [0.15, 0.2) is 0 Å². The summed E-state index contributed by atoms with van der Waals surface area (Å²) in [5.41, 5.74) is -1.48. The summed E-state index contributed by atoms with van der Waals surface area (Å²) in [5.74, 6) is -3.10. The fourth-order valence-corrected chi connectivity index (χ4v) is 3.06. The van der Waals surface area contributed by atoms with E-state index in [9.17, 15) is 26.9 Å². The number of ether oxygens (including phenoxy) is 1. The van der Waals surface area contributed by atoms with Crippen LogP contribution in [0.5, 0.6) is 5.75 Å². The van der Waals surface area contributed by atoms with Crippen molar-refractivity contribution in [3.63, 3.8) is 0 Å². The zero-order valence-corrected chi connectivity index (χ0v) is 13.2. The molecule has 0 aromatic heterocycles. The van der Waals surface area contributed by atoms with Gasteiger partial charge in [-0.1, -0.05) is 0 Å². The van der Waals surface area contributed by atoms with Crippen molar-refractivity contribution < 1.29 is 40.7 Å². The topological polar surface area (TPSA) is 61.8 Å². The third kappa shape index (κ3) is 5.93. The first-order chi connectivity index (χ1) is 10.6. The van der Waals surface area contributed by atoms with Crippen molar-refractivity contribution in [1.29, 1.82) is 0 Å². The molecular formula is C13H15F4O5P. The van der Waals surface area contributed by atoms with Gasteiger partial charge in [-0.15, -0.1) is 0 Å². The molecule has 23 heavy (non-hydrogen) atoms. The Labute approximate surface area is 130 Å². The molecule has 1 aromatic carbocycles. The van der Waals surface area contributed by atoms with Crippen LogP contribution < -0.4 is 4.74 Å². The van der Waals surface area contributed by atoms with Gasteiger partial charge >= 0.3 is 19.7 Å². The van der Waals surface area contributed by atoms with Gasteiger partial charge in [-0.25, -0.2) is 4.39 Å². The van der Waals surface area contributed by atoms with Gasteiger partial charge in [0.05, 0.1) is 18.8 Å². The quantitative estimate of drug-likeness (QED) is 0.319. The van der Waals surface area contributed by atoms with Crippen molar-refractivity contribution in [2.24, 2.45) is 0 Å². The normalized spacial score (nSPS) is 12.3. The Morgan fingerprint density at radius 1 is 1.17 bits per heavy atom. The Morgan fingerprint density at radius 2 is 1.74 bits per heavy atom. The molecule has 0 unspecified atom stereocenters. The molecule has 0 spiro atoms. The molecule has 0 aliphatic rings. The van der Waals surface area contributed by atoms with E-state index >= 15 is 0 Å². The molecule has 0 saturated heterocycles. The number of benzene rings is 1. The van der Waals surface area contributed by atoms with E-state index in [2.05, 4.69) is 4.74 Å². The predicted molar refractivity (Wildman–Crippen MR) is 72.8 cm³/mol. The summed E-state index contributed by atoms with van der Waals surface area (Å²) in [5, 5.41) is 0. The third-order valence-electron chi connectivity index (χ3n) is 2.45. The van der Waals surface area contributed by atoms with Crippen LogP contribution in [0.4, 0.5) is 17.6 Å². The first kappa shape index (κ1) is 19.6. The van der Waals surface area contributed by atoms with Gasteiger partial charge < -0.3 is 13.8 Å². The van der Waals surface area contributed by atoms with E-state index in [-0.39, 0.29) is 13.2 Å². The number of hydrogen-bond donors (Lipinski definition) is 0. The minimum Gasteiger partial charge on any atom is -0.426 e. The lowest BCUT2D eigenvalue weighted by atomic mass is 10.2. The lowest BCUT2D eigenvalue weighted by Crippen LogP contribution is -2.16. The Morgan fingerprint density at radius 3 is 2.17 bits per heavy atom. The maximum atomic E-state index is 13.4. The van der Waals surface area contributed by atoms with Crippen LogP contribution in [-0.4, -0.2) is 25.3 Å². The van der Waals surface area contributed by atoms with E-state index in [0.717, 1.165) is 6.07 Å². The second-order valence-electron chi connectivity index (χ2n) is 4.22. The summed E-state index contributed by atoms with van der Waals surface area (Å²) >= 11 is 0. The van der Waals surface area contributed by atoms with E-state index in [1.54, 1.807) is 13.8 Å². The van der Waals surface area contributed by atoms with E-state index in [1.165, 1.54) is 0 Å². The van der Waals surface area contributed by atoms with Gasteiger partial charge in [0, 0.05) is 6.07 Å². The van der Waals surface area contributed by atoms with Crippen molar-refractivity contribution in [3.05, 3.63) is 29.6 Å². The highest BCUT2D eigenvalue weighted by Crippen LogP contribution is 2.47. The molecule has 0 saturated carbocycles. The van der Waals surface area contributed by atoms with Crippen molar-refractivity contribution in [3.8, 4) is 5.75 Å². The zero-order chi connectivity index (χ0) is 17.7. The summed E-state index contributed by atoms with van der Waals surface area (Å²) in [6.45, 7) is 3.14. The number of carbonyl (C=O) groups is 1. The Balaban J connectivity index is 2.82. The van der Waals surface area contributed by atoms with E-state index in [0.29, 0.717) is 12.1 Å². The maximum Gasteiger partial charge on any atom is 0.419 e. The van der Waals surface area contributed by atoms with Crippen molar-refractivity contribution in [2.75, 3.05) is 19.4 Å². The second-order valence-corrected chi connectivity index (χ2v) is 6.27. The molecule has 0 fully saturated rings. The van der Waals surface area contributed by atoms with Crippen molar-refractivity contribution >= 4 is 13.6 Å². The average Bonchev–Trinajstić information content (AvgIpc) is 2.36. The Hall–Kier alpha value is -1.44. The molecule has 0 aliphatic heterocycles. The lowest BCUT2D eigenvalue weighted by Gasteiger charge is -2.16. The van der Waals surface area contributed by atoms with E-state index in [1.807, 2.05) is 0 Å². The fraction of sp³-hybridized carbons (Fsp3) is 0.462. The number of rotatable bonds is 7.